The lowest BCUT2D eigenvalue weighted by atomic mass is 9.81. The molecule has 1 aliphatic heterocycles. The van der Waals surface area contributed by atoms with Gasteiger partial charge in [-0.2, -0.15) is 0 Å². The Balaban J connectivity index is 1.64. The van der Waals surface area contributed by atoms with Gasteiger partial charge in [-0.25, -0.2) is 0 Å². The summed E-state index contributed by atoms with van der Waals surface area (Å²) >= 11 is 0. The molecule has 1 heterocycles. The van der Waals surface area contributed by atoms with Crippen LogP contribution in [0.5, 0.6) is 5.75 Å². The van der Waals surface area contributed by atoms with Gasteiger partial charge in [-0.1, -0.05) is 60.2 Å². The summed E-state index contributed by atoms with van der Waals surface area (Å²) in [6, 6.07) is 24.0. The third-order valence-electron chi connectivity index (χ3n) is 6.22. The lowest BCUT2D eigenvalue weighted by molar-refractivity contribution is -0.133. The molecular formula is C29H29N3O4. The number of amides is 3. The van der Waals surface area contributed by atoms with E-state index in [1.54, 1.807) is 38.3 Å². The summed E-state index contributed by atoms with van der Waals surface area (Å²) in [5.41, 5.74) is 2.52. The van der Waals surface area contributed by atoms with Gasteiger partial charge in [0.05, 0.1) is 7.11 Å². The summed E-state index contributed by atoms with van der Waals surface area (Å²) in [6.45, 7) is 3.97. The molecule has 0 aliphatic carbocycles. The predicted octanol–water partition coefficient (Wildman–Crippen LogP) is 3.99. The first-order valence-corrected chi connectivity index (χ1v) is 11.7. The molecule has 7 nitrogen and oxygen atoms in total. The van der Waals surface area contributed by atoms with Crippen LogP contribution in [0.1, 0.15) is 30.0 Å². The van der Waals surface area contributed by atoms with Crippen LogP contribution in [0.25, 0.3) is 5.57 Å². The standard InChI is InChI=1S/C29H29N3O4/c1-19-9-11-21(12-10-19)24-17-29(2,28(35)30-18-20-7-5-4-6-8-20)32-27(34)25(24)26(33)31-22-13-15-23(36-3)16-14-22/h4-16H,17-18H2,1-3H3,(H,30,35)(H,31,33)(H,32,34). The highest BCUT2D eigenvalue weighted by atomic mass is 16.5. The average Bonchev–Trinajstić information content (AvgIpc) is 2.88. The van der Waals surface area contributed by atoms with Crippen LogP contribution in [0.3, 0.4) is 0 Å². The minimum absolute atomic E-state index is 0.0111. The van der Waals surface area contributed by atoms with Crippen molar-refractivity contribution in [3.63, 3.8) is 0 Å². The third kappa shape index (κ3) is 5.46. The van der Waals surface area contributed by atoms with Crippen molar-refractivity contribution in [2.75, 3.05) is 12.4 Å². The topological polar surface area (TPSA) is 96.5 Å². The lowest BCUT2D eigenvalue weighted by Gasteiger charge is -2.35. The number of methoxy groups -OCH3 is 1. The minimum Gasteiger partial charge on any atom is -0.497 e. The van der Waals surface area contributed by atoms with Gasteiger partial charge < -0.3 is 20.7 Å². The summed E-state index contributed by atoms with van der Waals surface area (Å²) in [7, 11) is 1.56. The molecule has 184 valence electrons. The maximum Gasteiger partial charge on any atom is 0.261 e. The Labute approximate surface area is 210 Å². The third-order valence-corrected chi connectivity index (χ3v) is 6.22. The monoisotopic (exact) mass is 483 g/mol. The van der Waals surface area contributed by atoms with Crippen molar-refractivity contribution in [3.8, 4) is 5.75 Å². The summed E-state index contributed by atoms with van der Waals surface area (Å²) in [5.74, 6) is -0.806. The molecule has 3 aromatic carbocycles. The predicted molar refractivity (Wildman–Crippen MR) is 139 cm³/mol. The van der Waals surface area contributed by atoms with Crippen molar-refractivity contribution in [3.05, 3.63) is 101 Å². The molecule has 1 aliphatic rings. The van der Waals surface area contributed by atoms with Crippen LogP contribution >= 0.6 is 0 Å². The van der Waals surface area contributed by atoms with Crippen LogP contribution in [0.2, 0.25) is 0 Å². The zero-order valence-electron chi connectivity index (χ0n) is 20.6. The Morgan fingerprint density at radius 1 is 0.972 bits per heavy atom. The Kier molecular flexibility index (Phi) is 7.20. The zero-order chi connectivity index (χ0) is 25.7. The van der Waals surface area contributed by atoms with E-state index in [9.17, 15) is 14.4 Å². The number of hydrogen-bond acceptors (Lipinski definition) is 4. The van der Waals surface area contributed by atoms with E-state index < -0.39 is 17.4 Å². The first kappa shape index (κ1) is 24.7. The maximum atomic E-state index is 13.3. The number of benzene rings is 3. The molecule has 0 radical (unpaired) electrons. The van der Waals surface area contributed by atoms with Gasteiger partial charge in [0.1, 0.15) is 16.9 Å². The molecule has 0 saturated heterocycles. The second kappa shape index (κ2) is 10.5. The fourth-order valence-corrected chi connectivity index (χ4v) is 4.16. The van der Waals surface area contributed by atoms with Crippen molar-refractivity contribution in [2.45, 2.75) is 32.4 Å². The number of aryl methyl sites for hydroxylation is 1. The quantitative estimate of drug-likeness (QED) is 0.443. The second-order valence-electron chi connectivity index (χ2n) is 9.03. The maximum absolute atomic E-state index is 13.3. The molecule has 3 aromatic rings. The fraction of sp³-hybridized carbons (Fsp3) is 0.207. The Morgan fingerprint density at radius 2 is 1.64 bits per heavy atom. The van der Waals surface area contributed by atoms with Gasteiger partial charge in [-0.3, -0.25) is 14.4 Å². The van der Waals surface area contributed by atoms with Gasteiger partial charge >= 0.3 is 0 Å². The number of rotatable bonds is 7. The number of ether oxygens (including phenoxy) is 1. The van der Waals surface area contributed by atoms with Crippen molar-refractivity contribution in [1.82, 2.24) is 10.6 Å². The van der Waals surface area contributed by atoms with E-state index in [0.29, 0.717) is 23.6 Å². The van der Waals surface area contributed by atoms with Crippen LogP contribution < -0.4 is 20.7 Å². The molecule has 3 N–H and O–H groups in total. The van der Waals surface area contributed by atoms with E-state index in [4.69, 9.17) is 4.74 Å². The van der Waals surface area contributed by atoms with Crippen LogP contribution in [0.4, 0.5) is 5.69 Å². The van der Waals surface area contributed by atoms with Crippen molar-refractivity contribution >= 4 is 29.0 Å². The average molecular weight is 484 g/mol. The molecule has 0 aromatic heterocycles. The Bertz CT molecular complexity index is 1300. The molecule has 1 unspecified atom stereocenters. The Hall–Kier alpha value is -4.39. The molecule has 0 fully saturated rings. The van der Waals surface area contributed by atoms with Crippen molar-refractivity contribution in [2.24, 2.45) is 0 Å². The van der Waals surface area contributed by atoms with Gasteiger partial charge in [0.25, 0.3) is 11.8 Å². The van der Waals surface area contributed by atoms with Crippen LogP contribution in [-0.2, 0) is 20.9 Å². The normalized spacial score (nSPS) is 17.2. The first-order valence-electron chi connectivity index (χ1n) is 11.7. The van der Waals surface area contributed by atoms with E-state index >= 15 is 0 Å². The van der Waals surface area contributed by atoms with E-state index in [-0.39, 0.29) is 17.9 Å². The van der Waals surface area contributed by atoms with Gasteiger partial charge in [-0.05, 0) is 54.8 Å². The zero-order valence-corrected chi connectivity index (χ0v) is 20.6. The van der Waals surface area contributed by atoms with Crippen LogP contribution in [0, 0.1) is 6.92 Å². The smallest absolute Gasteiger partial charge is 0.261 e. The summed E-state index contributed by atoms with van der Waals surface area (Å²) < 4.78 is 5.16. The first-order chi connectivity index (χ1) is 17.3. The fourth-order valence-electron chi connectivity index (χ4n) is 4.16. The Morgan fingerprint density at radius 3 is 2.28 bits per heavy atom. The molecular weight excluding hydrogens is 454 g/mol. The van der Waals surface area contributed by atoms with Gasteiger partial charge in [0.2, 0.25) is 5.91 Å². The van der Waals surface area contributed by atoms with E-state index in [1.165, 1.54) is 0 Å². The summed E-state index contributed by atoms with van der Waals surface area (Å²) in [5, 5.41) is 8.50. The van der Waals surface area contributed by atoms with Gasteiger partial charge in [0.15, 0.2) is 0 Å². The van der Waals surface area contributed by atoms with E-state index in [1.807, 2.05) is 61.5 Å². The number of anilines is 1. The minimum atomic E-state index is -1.23. The lowest BCUT2D eigenvalue weighted by Crippen LogP contribution is -2.59. The van der Waals surface area contributed by atoms with Crippen LogP contribution in [-0.4, -0.2) is 30.4 Å². The van der Waals surface area contributed by atoms with E-state index in [0.717, 1.165) is 16.7 Å². The van der Waals surface area contributed by atoms with Crippen LogP contribution in [0.15, 0.2) is 84.4 Å². The van der Waals surface area contributed by atoms with Gasteiger partial charge in [-0.15, -0.1) is 0 Å². The highest BCUT2D eigenvalue weighted by Crippen LogP contribution is 2.34. The highest BCUT2D eigenvalue weighted by molar-refractivity contribution is 6.29. The largest absolute Gasteiger partial charge is 0.497 e. The van der Waals surface area contributed by atoms with Crippen molar-refractivity contribution < 1.29 is 19.1 Å². The van der Waals surface area contributed by atoms with E-state index in [2.05, 4.69) is 16.0 Å². The number of carbonyl (C=O) groups excluding carboxylic acids is 3. The highest BCUT2D eigenvalue weighted by Gasteiger charge is 2.43. The summed E-state index contributed by atoms with van der Waals surface area (Å²) in [4.78, 5) is 39.9. The second-order valence-corrected chi connectivity index (χ2v) is 9.03. The molecule has 4 rings (SSSR count). The van der Waals surface area contributed by atoms with Crippen molar-refractivity contribution in [1.29, 1.82) is 0 Å². The molecule has 0 bridgehead atoms. The number of carbonyl (C=O) groups is 3. The van der Waals surface area contributed by atoms with Gasteiger partial charge in [0, 0.05) is 18.7 Å². The molecule has 1 atom stereocenters. The molecule has 0 saturated carbocycles. The number of nitrogens with one attached hydrogen (secondary N) is 3. The molecule has 0 spiro atoms. The SMILES string of the molecule is COc1ccc(NC(=O)C2=C(c3ccc(C)cc3)CC(C)(C(=O)NCc3ccccc3)NC2=O)cc1. The summed E-state index contributed by atoms with van der Waals surface area (Å²) in [6.07, 6.45) is 0.161. The molecule has 7 heteroatoms. The molecule has 3 amide bonds. The molecule has 36 heavy (non-hydrogen) atoms. The number of hydrogen-bond donors (Lipinski definition) is 3.